The minimum Gasteiger partial charge on any atom is -0.507 e. The Hall–Kier alpha value is -2.29. The lowest BCUT2D eigenvalue weighted by Gasteiger charge is -2.05. The third-order valence-corrected chi connectivity index (χ3v) is 3.72. The highest BCUT2D eigenvalue weighted by molar-refractivity contribution is 6.13. The first-order valence-electron chi connectivity index (χ1n) is 6.88. The Morgan fingerprint density at radius 3 is 2.70 bits per heavy atom. The highest BCUT2D eigenvalue weighted by atomic mass is 16.3. The van der Waals surface area contributed by atoms with E-state index in [2.05, 4.69) is 11.5 Å². The standard InChI is InChI=1S/C17H17NO2/c1-3-9-18-14-8-7-12(11(2)19)10-13(14)17-15(18)5-4-6-16(17)20/h4-8,10,20H,3,9H2,1-2H3. The summed E-state index contributed by atoms with van der Waals surface area (Å²) in [7, 11) is 0. The number of rotatable bonds is 3. The number of Topliss-reactive ketones (excluding diaryl/α,β-unsaturated/α-hetero) is 1. The molecule has 0 bridgehead atoms. The molecular weight excluding hydrogens is 250 g/mol. The molecule has 0 amide bonds. The van der Waals surface area contributed by atoms with Crippen molar-refractivity contribution in [1.29, 1.82) is 0 Å². The summed E-state index contributed by atoms with van der Waals surface area (Å²) in [5, 5.41) is 12.0. The summed E-state index contributed by atoms with van der Waals surface area (Å²) in [6.45, 7) is 4.58. The lowest BCUT2D eigenvalue weighted by atomic mass is 10.1. The van der Waals surface area contributed by atoms with Gasteiger partial charge in [-0.25, -0.2) is 0 Å². The van der Waals surface area contributed by atoms with Gasteiger partial charge in [0.05, 0.1) is 5.52 Å². The van der Waals surface area contributed by atoms with Crippen LogP contribution in [-0.4, -0.2) is 15.5 Å². The summed E-state index contributed by atoms with van der Waals surface area (Å²) in [5.41, 5.74) is 2.76. The van der Waals surface area contributed by atoms with E-state index in [9.17, 15) is 9.90 Å². The van der Waals surface area contributed by atoms with Crippen molar-refractivity contribution in [3.8, 4) is 5.75 Å². The molecule has 0 aliphatic heterocycles. The van der Waals surface area contributed by atoms with E-state index in [0.29, 0.717) is 5.56 Å². The topological polar surface area (TPSA) is 42.2 Å². The largest absolute Gasteiger partial charge is 0.507 e. The molecule has 20 heavy (non-hydrogen) atoms. The average molecular weight is 267 g/mol. The number of phenols is 1. The molecule has 0 aliphatic carbocycles. The first kappa shape index (κ1) is 12.7. The third-order valence-electron chi connectivity index (χ3n) is 3.72. The molecule has 0 saturated heterocycles. The normalized spacial score (nSPS) is 11.3. The predicted molar refractivity (Wildman–Crippen MR) is 81.4 cm³/mol. The van der Waals surface area contributed by atoms with Gasteiger partial charge in [-0.15, -0.1) is 0 Å². The molecule has 1 aromatic heterocycles. The summed E-state index contributed by atoms with van der Waals surface area (Å²) >= 11 is 0. The fraction of sp³-hybridized carbons (Fsp3) is 0.235. The van der Waals surface area contributed by atoms with Gasteiger partial charge in [0, 0.05) is 28.4 Å². The zero-order valence-corrected chi connectivity index (χ0v) is 11.7. The van der Waals surface area contributed by atoms with E-state index in [4.69, 9.17) is 0 Å². The highest BCUT2D eigenvalue weighted by Crippen LogP contribution is 2.35. The van der Waals surface area contributed by atoms with Gasteiger partial charge >= 0.3 is 0 Å². The molecule has 1 N–H and O–H groups in total. The average Bonchev–Trinajstić information content (AvgIpc) is 2.74. The predicted octanol–water partition coefficient (Wildman–Crippen LogP) is 4.11. The second-order valence-corrected chi connectivity index (χ2v) is 5.11. The fourth-order valence-corrected chi connectivity index (χ4v) is 2.81. The number of hydrogen-bond acceptors (Lipinski definition) is 2. The lowest BCUT2D eigenvalue weighted by Crippen LogP contribution is -1.96. The maximum Gasteiger partial charge on any atom is 0.159 e. The minimum atomic E-state index is 0.0405. The molecule has 3 heteroatoms. The van der Waals surface area contributed by atoms with E-state index in [1.807, 2.05) is 30.3 Å². The number of benzene rings is 2. The highest BCUT2D eigenvalue weighted by Gasteiger charge is 2.14. The molecule has 0 saturated carbocycles. The van der Waals surface area contributed by atoms with Crippen molar-refractivity contribution in [2.24, 2.45) is 0 Å². The van der Waals surface area contributed by atoms with Gasteiger partial charge in [0.2, 0.25) is 0 Å². The van der Waals surface area contributed by atoms with Gasteiger partial charge in [0.15, 0.2) is 5.78 Å². The molecule has 3 aromatic rings. The summed E-state index contributed by atoms with van der Waals surface area (Å²) in [5.74, 6) is 0.307. The molecule has 1 heterocycles. The Morgan fingerprint density at radius 2 is 2.00 bits per heavy atom. The van der Waals surface area contributed by atoms with Gasteiger partial charge in [-0.2, -0.15) is 0 Å². The summed E-state index contributed by atoms with van der Waals surface area (Å²) in [4.78, 5) is 11.6. The Bertz CT molecular complexity index is 815. The van der Waals surface area contributed by atoms with E-state index in [1.165, 1.54) is 0 Å². The van der Waals surface area contributed by atoms with E-state index in [-0.39, 0.29) is 11.5 Å². The minimum absolute atomic E-state index is 0.0405. The van der Waals surface area contributed by atoms with Crippen LogP contribution in [-0.2, 0) is 6.54 Å². The smallest absolute Gasteiger partial charge is 0.159 e. The summed E-state index contributed by atoms with van der Waals surface area (Å²) < 4.78 is 2.20. The molecule has 0 aliphatic rings. The molecule has 3 nitrogen and oxygen atoms in total. The number of carbonyl (C=O) groups excluding carboxylic acids is 1. The van der Waals surface area contributed by atoms with E-state index >= 15 is 0 Å². The van der Waals surface area contributed by atoms with Crippen LogP contribution in [0.2, 0.25) is 0 Å². The van der Waals surface area contributed by atoms with Crippen LogP contribution in [0.5, 0.6) is 5.75 Å². The van der Waals surface area contributed by atoms with Crippen molar-refractivity contribution in [2.45, 2.75) is 26.8 Å². The monoisotopic (exact) mass is 267 g/mol. The van der Waals surface area contributed by atoms with E-state index < -0.39 is 0 Å². The van der Waals surface area contributed by atoms with Crippen molar-refractivity contribution in [3.63, 3.8) is 0 Å². The van der Waals surface area contributed by atoms with Gasteiger partial charge in [0.1, 0.15) is 5.75 Å². The van der Waals surface area contributed by atoms with Gasteiger partial charge in [-0.1, -0.05) is 13.0 Å². The quantitative estimate of drug-likeness (QED) is 0.725. The fourth-order valence-electron chi connectivity index (χ4n) is 2.81. The molecule has 102 valence electrons. The summed E-state index contributed by atoms with van der Waals surface area (Å²) in [6, 6.07) is 11.3. The van der Waals surface area contributed by atoms with Crippen LogP contribution in [0.1, 0.15) is 30.6 Å². The van der Waals surface area contributed by atoms with Crippen molar-refractivity contribution >= 4 is 27.6 Å². The zero-order chi connectivity index (χ0) is 14.3. The number of aromatic nitrogens is 1. The van der Waals surface area contributed by atoms with Crippen molar-refractivity contribution in [1.82, 2.24) is 4.57 Å². The van der Waals surface area contributed by atoms with Crippen LogP contribution >= 0.6 is 0 Å². The van der Waals surface area contributed by atoms with Gasteiger partial charge in [-0.05, 0) is 43.7 Å². The Morgan fingerprint density at radius 1 is 1.20 bits per heavy atom. The maximum atomic E-state index is 11.6. The van der Waals surface area contributed by atoms with E-state index in [0.717, 1.165) is 34.8 Å². The van der Waals surface area contributed by atoms with Crippen LogP contribution in [0.15, 0.2) is 36.4 Å². The Balaban J connectivity index is 2.47. The van der Waals surface area contributed by atoms with Crippen molar-refractivity contribution in [2.75, 3.05) is 0 Å². The van der Waals surface area contributed by atoms with Crippen LogP contribution in [0.25, 0.3) is 21.8 Å². The van der Waals surface area contributed by atoms with Crippen LogP contribution in [0.3, 0.4) is 0 Å². The lowest BCUT2D eigenvalue weighted by molar-refractivity contribution is 0.101. The number of nitrogens with zero attached hydrogens (tertiary/aromatic N) is 1. The van der Waals surface area contributed by atoms with Crippen LogP contribution < -0.4 is 0 Å². The number of phenolic OH excluding ortho intramolecular Hbond substituents is 1. The zero-order valence-electron chi connectivity index (χ0n) is 11.7. The van der Waals surface area contributed by atoms with Crippen molar-refractivity contribution in [3.05, 3.63) is 42.0 Å². The van der Waals surface area contributed by atoms with Crippen molar-refractivity contribution < 1.29 is 9.90 Å². The molecular formula is C17H17NO2. The number of ketones is 1. The molecule has 0 fully saturated rings. The molecule has 0 spiro atoms. The van der Waals surface area contributed by atoms with Crippen LogP contribution in [0.4, 0.5) is 0 Å². The maximum absolute atomic E-state index is 11.6. The Kier molecular flexibility index (Phi) is 2.97. The second kappa shape index (κ2) is 4.67. The number of aryl methyl sites for hydroxylation is 1. The number of carbonyl (C=O) groups is 1. The first-order chi connectivity index (χ1) is 9.63. The number of aromatic hydroxyl groups is 1. The molecule has 2 aromatic carbocycles. The molecule has 3 rings (SSSR count). The number of fused-ring (bicyclic) bond motifs is 3. The molecule has 0 unspecified atom stereocenters. The van der Waals surface area contributed by atoms with Gasteiger partial charge < -0.3 is 9.67 Å². The van der Waals surface area contributed by atoms with E-state index in [1.54, 1.807) is 13.0 Å². The SMILES string of the molecule is CCCn1c2ccc(C(C)=O)cc2c2c(O)cccc21. The first-order valence-corrected chi connectivity index (χ1v) is 6.88. The second-order valence-electron chi connectivity index (χ2n) is 5.11. The Labute approximate surface area is 117 Å². The van der Waals surface area contributed by atoms with Gasteiger partial charge in [-0.3, -0.25) is 4.79 Å². The molecule has 0 atom stereocenters. The summed E-state index contributed by atoms with van der Waals surface area (Å²) in [6.07, 6.45) is 1.02. The van der Waals surface area contributed by atoms with Gasteiger partial charge in [0.25, 0.3) is 0 Å². The number of hydrogen-bond donors (Lipinski definition) is 1. The molecule has 0 radical (unpaired) electrons. The third kappa shape index (κ3) is 1.78. The van der Waals surface area contributed by atoms with Crippen LogP contribution in [0, 0.1) is 0 Å².